The first kappa shape index (κ1) is 53.9. The molecular formula is C54H70N14O6. The van der Waals surface area contributed by atoms with Gasteiger partial charge in [-0.05, 0) is 130 Å². The number of hydrogen-bond donors (Lipinski definition) is 6. The van der Waals surface area contributed by atoms with Gasteiger partial charge in [-0.2, -0.15) is 0 Å². The summed E-state index contributed by atoms with van der Waals surface area (Å²) in [7, 11) is 0. The van der Waals surface area contributed by atoms with Crippen LogP contribution in [0, 0.1) is 13.8 Å². The van der Waals surface area contributed by atoms with E-state index in [9.17, 15) is 24.3 Å². The van der Waals surface area contributed by atoms with Crippen molar-refractivity contribution in [1.29, 1.82) is 0 Å². The number of amides is 4. The van der Waals surface area contributed by atoms with Crippen LogP contribution >= 0.6 is 0 Å². The smallest absolute Gasteiger partial charge is 0.412 e. The van der Waals surface area contributed by atoms with E-state index in [1.807, 2.05) is 130 Å². The summed E-state index contributed by atoms with van der Waals surface area (Å²) in [6.07, 6.45) is 3.78. The third-order valence-electron chi connectivity index (χ3n) is 12.4. The monoisotopic (exact) mass is 1010 g/mol. The van der Waals surface area contributed by atoms with Crippen molar-refractivity contribution in [3.63, 3.8) is 0 Å². The average Bonchev–Trinajstić information content (AvgIpc) is 3.97. The van der Waals surface area contributed by atoms with Crippen LogP contribution < -0.4 is 41.3 Å². The number of anilines is 6. The maximum atomic E-state index is 12.2. The number of fused-ring (bicyclic) bond motifs is 2. The zero-order valence-corrected chi connectivity index (χ0v) is 44.5. The van der Waals surface area contributed by atoms with E-state index in [1.54, 1.807) is 19.3 Å². The lowest BCUT2D eigenvalue weighted by Crippen LogP contribution is -2.45. The van der Waals surface area contributed by atoms with Gasteiger partial charge in [0.25, 0.3) is 0 Å². The van der Waals surface area contributed by atoms with Crippen LogP contribution in [-0.4, -0.2) is 108 Å². The van der Waals surface area contributed by atoms with Gasteiger partial charge in [0.15, 0.2) is 0 Å². The number of rotatable bonds is 12. The maximum absolute atomic E-state index is 12.2. The van der Waals surface area contributed by atoms with E-state index in [0.717, 1.165) is 70.5 Å². The van der Waals surface area contributed by atoms with Gasteiger partial charge in [-0.1, -0.05) is 24.3 Å². The molecule has 0 spiro atoms. The summed E-state index contributed by atoms with van der Waals surface area (Å²) in [6.45, 7) is 25.0. The second kappa shape index (κ2) is 22.5. The van der Waals surface area contributed by atoms with Crippen molar-refractivity contribution < 1.29 is 29.0 Å². The Kier molecular flexibility index (Phi) is 16.4. The second-order valence-electron chi connectivity index (χ2n) is 21.0. The van der Waals surface area contributed by atoms with Crippen molar-refractivity contribution >= 4 is 80.5 Å². The summed E-state index contributed by atoms with van der Waals surface area (Å²) < 4.78 is 5.36. The molecule has 2 fully saturated rings. The van der Waals surface area contributed by atoms with E-state index < -0.39 is 23.3 Å². The Labute approximate surface area is 432 Å². The molecule has 0 saturated carbocycles. The molecule has 0 radical (unpaired) electrons. The van der Waals surface area contributed by atoms with Crippen LogP contribution in [0.1, 0.15) is 117 Å². The fourth-order valence-corrected chi connectivity index (χ4v) is 9.19. The quantitative estimate of drug-likeness (QED) is 0.0669. The first-order valence-electron chi connectivity index (χ1n) is 25.0. The third-order valence-corrected chi connectivity index (χ3v) is 12.4. The Morgan fingerprint density at radius 2 is 1.16 bits per heavy atom. The molecule has 74 heavy (non-hydrogen) atoms. The van der Waals surface area contributed by atoms with E-state index in [2.05, 4.69) is 66.3 Å². The molecule has 2 saturated heterocycles. The molecule has 4 amide bonds. The number of ether oxygens (including phenoxy) is 1. The first-order valence-corrected chi connectivity index (χ1v) is 25.0. The van der Waals surface area contributed by atoms with Crippen molar-refractivity contribution in [3.05, 3.63) is 95.8 Å². The van der Waals surface area contributed by atoms with Crippen molar-refractivity contribution in [2.45, 2.75) is 131 Å². The van der Waals surface area contributed by atoms with Crippen LogP contribution in [0.3, 0.4) is 0 Å². The molecule has 6 N–H and O–H groups in total. The minimum atomic E-state index is -0.995. The van der Waals surface area contributed by atoms with Gasteiger partial charge in [0.05, 0.1) is 35.5 Å². The lowest BCUT2D eigenvalue weighted by Gasteiger charge is -2.33. The molecule has 8 rings (SSSR count). The molecular weight excluding hydrogens is 941 g/mol. The van der Waals surface area contributed by atoms with Gasteiger partial charge in [-0.3, -0.25) is 19.8 Å². The lowest BCUT2D eigenvalue weighted by atomic mass is 10.0. The topological polar surface area (TPSA) is 245 Å². The predicted octanol–water partition coefficient (Wildman–Crippen LogP) is 9.07. The Morgan fingerprint density at radius 1 is 0.689 bits per heavy atom. The van der Waals surface area contributed by atoms with E-state index >= 15 is 0 Å². The minimum absolute atomic E-state index is 0.0203. The fourth-order valence-electron chi connectivity index (χ4n) is 9.19. The zero-order valence-electron chi connectivity index (χ0n) is 44.5. The Balaban J connectivity index is 0.000000216. The van der Waals surface area contributed by atoms with E-state index in [4.69, 9.17) is 4.74 Å². The molecule has 6 aromatic rings. The van der Waals surface area contributed by atoms with Gasteiger partial charge in [0, 0.05) is 79.8 Å². The maximum Gasteiger partial charge on any atom is 0.412 e. The number of nitrogens with zero attached hydrogens (tertiary/aromatic N) is 9. The van der Waals surface area contributed by atoms with Gasteiger partial charge < -0.3 is 40.9 Å². The highest BCUT2D eigenvalue weighted by atomic mass is 16.6. The van der Waals surface area contributed by atoms with Gasteiger partial charge in [-0.25, -0.2) is 39.5 Å². The molecule has 0 unspecified atom stereocenters. The number of carboxylic acid groups (broad SMARTS) is 1. The molecule has 20 heteroatoms. The van der Waals surface area contributed by atoms with Crippen LogP contribution in [0.5, 0.6) is 0 Å². The van der Waals surface area contributed by atoms with Crippen molar-refractivity contribution in [2.75, 3.05) is 56.8 Å². The molecule has 2 aliphatic heterocycles. The normalized spacial score (nSPS) is 16.4. The van der Waals surface area contributed by atoms with Gasteiger partial charge in [0.1, 0.15) is 40.5 Å². The SMILES string of the molecule is CC(=O)N[C@@H]1CCN(c2cc3c(N[C@@H](C)c4cccc(NC(=O)OC(C)(C)C)c4)nc(C)nc3cn2)C1.CC(=O)N[C@@H]1CCN(c2cc3c(N[C@H](C)c4cccc(N(C(=O)O)C(C)(C)C)c4)nc(C)nc3cn2)C1. The van der Waals surface area contributed by atoms with Crippen LogP contribution in [-0.2, 0) is 14.3 Å². The van der Waals surface area contributed by atoms with Gasteiger partial charge in [-0.15, -0.1) is 0 Å². The number of carbonyl (C=O) groups is 4. The molecule has 4 aromatic heterocycles. The second-order valence-corrected chi connectivity index (χ2v) is 21.0. The molecule has 0 bridgehead atoms. The molecule has 2 aliphatic rings. The largest absolute Gasteiger partial charge is 0.465 e. The molecule has 20 nitrogen and oxygen atoms in total. The minimum Gasteiger partial charge on any atom is -0.465 e. The van der Waals surface area contributed by atoms with Crippen LogP contribution in [0.25, 0.3) is 21.8 Å². The first-order chi connectivity index (χ1) is 34.9. The molecule has 2 aromatic carbocycles. The Morgan fingerprint density at radius 3 is 1.61 bits per heavy atom. The number of aromatic nitrogens is 6. The van der Waals surface area contributed by atoms with Crippen molar-refractivity contribution in [2.24, 2.45) is 0 Å². The van der Waals surface area contributed by atoms with Gasteiger partial charge in [0.2, 0.25) is 11.8 Å². The van der Waals surface area contributed by atoms with E-state index in [0.29, 0.717) is 47.7 Å². The average molecular weight is 1010 g/mol. The number of hydrogen-bond acceptors (Lipinski definition) is 15. The fraction of sp³-hybridized carbons (Fsp3) is 0.444. The summed E-state index contributed by atoms with van der Waals surface area (Å²) >= 11 is 0. The number of pyridine rings is 2. The molecule has 4 atom stereocenters. The predicted molar refractivity (Wildman–Crippen MR) is 290 cm³/mol. The van der Waals surface area contributed by atoms with Gasteiger partial charge >= 0.3 is 12.2 Å². The highest BCUT2D eigenvalue weighted by molar-refractivity contribution is 5.92. The Bertz CT molecular complexity index is 3030. The summed E-state index contributed by atoms with van der Waals surface area (Å²) in [4.78, 5) is 80.5. The van der Waals surface area contributed by atoms with Crippen LogP contribution in [0.15, 0.2) is 73.1 Å². The number of nitrogens with one attached hydrogen (secondary N) is 5. The summed E-state index contributed by atoms with van der Waals surface area (Å²) in [5, 5.41) is 27.3. The highest BCUT2D eigenvalue weighted by Gasteiger charge is 2.29. The van der Waals surface area contributed by atoms with Crippen molar-refractivity contribution in [3.8, 4) is 0 Å². The highest BCUT2D eigenvalue weighted by Crippen LogP contribution is 2.33. The van der Waals surface area contributed by atoms with Crippen LogP contribution in [0.4, 0.5) is 44.2 Å². The molecule has 0 aliphatic carbocycles. The van der Waals surface area contributed by atoms with Crippen molar-refractivity contribution in [1.82, 2.24) is 40.5 Å². The van der Waals surface area contributed by atoms with E-state index in [1.165, 1.54) is 11.8 Å². The molecule has 6 heterocycles. The number of aryl methyl sites for hydroxylation is 2. The zero-order chi connectivity index (χ0) is 53.6. The standard InChI is InChI=1S/2C27H35N7O3/c1-16(19-8-7-9-21(12-19)34(26(36)37)27(4,5)6)29-25-22-13-24(28-14-23(22)30-17(2)31-25)33-11-10-20(15-33)32-18(3)35;1-16(19-8-7-9-20(12-19)33-26(36)37-27(4,5)6)29-25-22-13-24(28-14-23(22)30-17(2)31-25)34-11-10-21(15-34)32-18(3)35/h7-9,12-14,16,20H,10-11,15H2,1-6H3,(H,32,35)(H,36,37)(H,29,30,31);7-9,12-14,16,21H,10-11,15H2,1-6H3,(H,32,35)(H,33,36)(H,29,30,31)/t16-,20-;16-,21+/m10/s1. The summed E-state index contributed by atoms with van der Waals surface area (Å²) in [5.41, 5.74) is 3.51. The number of carbonyl (C=O) groups excluding carboxylic acids is 3. The lowest BCUT2D eigenvalue weighted by molar-refractivity contribution is -0.120. The van der Waals surface area contributed by atoms with E-state index in [-0.39, 0.29) is 36.0 Å². The summed E-state index contributed by atoms with van der Waals surface area (Å²) in [6, 6.07) is 19.1. The number of benzene rings is 2. The Hall–Kier alpha value is -7.90. The molecule has 392 valence electrons. The summed E-state index contributed by atoms with van der Waals surface area (Å²) in [5.74, 6) is 4.26. The third kappa shape index (κ3) is 14.0. The van der Waals surface area contributed by atoms with Crippen LogP contribution in [0.2, 0.25) is 0 Å².